The van der Waals surface area contributed by atoms with Crippen molar-refractivity contribution in [1.29, 1.82) is 0 Å². The molecule has 0 atom stereocenters. The SMILES string of the molecule is CCCCCC(C)(C)CNC(=NCc1nnc(C)n1C)NCCc1cccs1.I. The molecule has 0 aliphatic carbocycles. The summed E-state index contributed by atoms with van der Waals surface area (Å²) in [4.78, 5) is 6.15. The Hall–Kier alpha value is -1.16. The molecule has 0 unspecified atom stereocenters. The minimum Gasteiger partial charge on any atom is -0.356 e. The second-order valence-corrected chi connectivity index (χ2v) is 9.15. The van der Waals surface area contributed by atoms with Gasteiger partial charge in [-0.25, -0.2) is 4.99 Å². The van der Waals surface area contributed by atoms with E-state index in [-0.39, 0.29) is 29.4 Å². The second kappa shape index (κ2) is 13.2. The third-order valence-electron chi connectivity index (χ3n) is 5.00. The van der Waals surface area contributed by atoms with Crippen LogP contribution in [-0.2, 0) is 20.0 Å². The highest BCUT2D eigenvalue weighted by Gasteiger charge is 2.18. The van der Waals surface area contributed by atoms with Crippen LogP contribution in [0.5, 0.6) is 0 Å². The van der Waals surface area contributed by atoms with E-state index in [9.17, 15) is 0 Å². The zero-order valence-corrected chi connectivity index (χ0v) is 21.6. The monoisotopic (exact) mass is 532 g/mol. The third-order valence-corrected chi connectivity index (χ3v) is 5.93. The highest BCUT2D eigenvalue weighted by molar-refractivity contribution is 14.0. The van der Waals surface area contributed by atoms with Gasteiger partial charge in [-0.1, -0.05) is 46.1 Å². The number of nitrogens with zero attached hydrogens (tertiary/aromatic N) is 4. The van der Waals surface area contributed by atoms with E-state index >= 15 is 0 Å². The Morgan fingerprint density at radius 3 is 2.66 bits per heavy atom. The van der Waals surface area contributed by atoms with E-state index in [1.807, 2.05) is 18.5 Å². The first-order valence-corrected chi connectivity index (χ1v) is 11.2. The second-order valence-electron chi connectivity index (χ2n) is 8.12. The maximum atomic E-state index is 4.76. The molecule has 2 N–H and O–H groups in total. The zero-order valence-electron chi connectivity index (χ0n) is 18.5. The Morgan fingerprint density at radius 1 is 1.24 bits per heavy atom. The van der Waals surface area contributed by atoms with Crippen molar-refractivity contribution in [2.45, 2.75) is 66.3 Å². The molecule has 2 rings (SSSR count). The molecule has 2 aromatic rings. The zero-order chi connectivity index (χ0) is 20.4. The van der Waals surface area contributed by atoms with Crippen molar-refractivity contribution >= 4 is 41.3 Å². The van der Waals surface area contributed by atoms with Gasteiger partial charge in [0.05, 0.1) is 0 Å². The molecule has 8 heteroatoms. The molecule has 0 fully saturated rings. The van der Waals surface area contributed by atoms with Gasteiger partial charge in [0.15, 0.2) is 11.8 Å². The van der Waals surface area contributed by atoms with Gasteiger partial charge in [0.1, 0.15) is 12.4 Å². The van der Waals surface area contributed by atoms with Crippen LogP contribution >= 0.6 is 35.3 Å². The highest BCUT2D eigenvalue weighted by atomic mass is 127. The van der Waals surface area contributed by atoms with Crippen LogP contribution in [0.3, 0.4) is 0 Å². The fraction of sp³-hybridized carbons (Fsp3) is 0.667. The Bertz CT molecular complexity index is 724. The summed E-state index contributed by atoms with van der Waals surface area (Å²) in [5.74, 6) is 2.63. The third kappa shape index (κ3) is 9.46. The molecule has 164 valence electrons. The molecule has 0 spiro atoms. The van der Waals surface area contributed by atoms with Crippen molar-refractivity contribution in [2.75, 3.05) is 13.1 Å². The summed E-state index contributed by atoms with van der Waals surface area (Å²) < 4.78 is 1.99. The summed E-state index contributed by atoms with van der Waals surface area (Å²) >= 11 is 1.80. The molecule has 0 saturated carbocycles. The van der Waals surface area contributed by atoms with Crippen LogP contribution < -0.4 is 10.6 Å². The van der Waals surface area contributed by atoms with E-state index in [1.165, 1.54) is 30.6 Å². The summed E-state index contributed by atoms with van der Waals surface area (Å²) in [6, 6.07) is 4.28. The number of nitrogens with one attached hydrogen (secondary N) is 2. The van der Waals surface area contributed by atoms with Crippen molar-refractivity contribution in [3.63, 3.8) is 0 Å². The largest absolute Gasteiger partial charge is 0.356 e. The van der Waals surface area contributed by atoms with Crippen molar-refractivity contribution in [1.82, 2.24) is 25.4 Å². The first kappa shape index (κ1) is 25.9. The summed E-state index contributed by atoms with van der Waals surface area (Å²) in [7, 11) is 1.98. The average molecular weight is 533 g/mol. The topological polar surface area (TPSA) is 67.1 Å². The summed E-state index contributed by atoms with van der Waals surface area (Å²) in [6.45, 7) is 11.1. The quantitative estimate of drug-likeness (QED) is 0.191. The predicted octanol–water partition coefficient (Wildman–Crippen LogP) is 4.69. The normalized spacial score (nSPS) is 12.0. The Labute approximate surface area is 197 Å². The van der Waals surface area contributed by atoms with Gasteiger partial charge in [0, 0.05) is 25.0 Å². The van der Waals surface area contributed by atoms with Crippen LogP contribution in [0.1, 0.15) is 63.0 Å². The average Bonchev–Trinajstić information content (AvgIpc) is 3.28. The molecule has 0 amide bonds. The lowest BCUT2D eigenvalue weighted by atomic mass is 9.87. The van der Waals surface area contributed by atoms with E-state index in [0.29, 0.717) is 6.54 Å². The molecular formula is C21H37IN6S. The summed E-state index contributed by atoms with van der Waals surface area (Å²) in [5, 5.41) is 17.5. The molecule has 0 aliphatic heterocycles. The summed E-state index contributed by atoms with van der Waals surface area (Å²) in [5.41, 5.74) is 0.243. The number of aliphatic imine (C=N–C) groups is 1. The number of thiophene rings is 1. The van der Waals surface area contributed by atoms with Gasteiger partial charge in [-0.3, -0.25) is 0 Å². The van der Waals surface area contributed by atoms with Gasteiger partial charge < -0.3 is 15.2 Å². The van der Waals surface area contributed by atoms with Crippen LogP contribution in [0.2, 0.25) is 0 Å². The van der Waals surface area contributed by atoms with Gasteiger partial charge in [-0.15, -0.1) is 45.5 Å². The lowest BCUT2D eigenvalue weighted by Gasteiger charge is -2.26. The van der Waals surface area contributed by atoms with Gasteiger partial charge in [0.25, 0.3) is 0 Å². The van der Waals surface area contributed by atoms with Gasteiger partial charge in [0.2, 0.25) is 0 Å². The molecule has 2 aromatic heterocycles. The highest BCUT2D eigenvalue weighted by Crippen LogP contribution is 2.22. The maximum Gasteiger partial charge on any atom is 0.191 e. The van der Waals surface area contributed by atoms with Crippen LogP contribution in [0.4, 0.5) is 0 Å². The molecule has 0 aromatic carbocycles. The first-order chi connectivity index (χ1) is 13.4. The van der Waals surface area contributed by atoms with Crippen LogP contribution in [0.15, 0.2) is 22.5 Å². The van der Waals surface area contributed by atoms with E-state index < -0.39 is 0 Å². The first-order valence-electron chi connectivity index (χ1n) is 10.3. The van der Waals surface area contributed by atoms with Crippen molar-refractivity contribution < 1.29 is 0 Å². The Morgan fingerprint density at radius 2 is 2.03 bits per heavy atom. The van der Waals surface area contributed by atoms with Crippen molar-refractivity contribution in [2.24, 2.45) is 17.5 Å². The van der Waals surface area contributed by atoms with E-state index in [4.69, 9.17) is 4.99 Å². The smallest absolute Gasteiger partial charge is 0.191 e. The van der Waals surface area contributed by atoms with Gasteiger partial charge in [-0.2, -0.15) is 0 Å². The van der Waals surface area contributed by atoms with E-state index in [1.54, 1.807) is 11.3 Å². The molecule has 2 heterocycles. The number of aromatic nitrogens is 3. The van der Waals surface area contributed by atoms with Crippen molar-refractivity contribution in [3.8, 4) is 0 Å². The lowest BCUT2D eigenvalue weighted by molar-refractivity contribution is 0.318. The summed E-state index contributed by atoms with van der Waals surface area (Å²) in [6.07, 6.45) is 6.06. The predicted molar refractivity (Wildman–Crippen MR) is 134 cm³/mol. The number of hydrogen-bond acceptors (Lipinski definition) is 4. The number of halogens is 1. The molecule has 29 heavy (non-hydrogen) atoms. The van der Waals surface area contributed by atoms with Crippen LogP contribution in [-0.4, -0.2) is 33.8 Å². The molecule has 6 nitrogen and oxygen atoms in total. The van der Waals surface area contributed by atoms with E-state index in [2.05, 4.69) is 59.1 Å². The number of hydrogen-bond donors (Lipinski definition) is 2. The Balaban J connectivity index is 0.00000420. The lowest BCUT2D eigenvalue weighted by Crippen LogP contribution is -2.42. The molecule has 0 bridgehead atoms. The molecule has 0 aliphatic rings. The fourth-order valence-electron chi connectivity index (χ4n) is 2.94. The van der Waals surface area contributed by atoms with Crippen LogP contribution in [0, 0.1) is 12.3 Å². The molecule has 0 radical (unpaired) electrons. The fourth-order valence-corrected chi connectivity index (χ4v) is 3.65. The van der Waals surface area contributed by atoms with Crippen molar-refractivity contribution in [3.05, 3.63) is 34.0 Å². The standard InChI is InChI=1S/C21H36N6S.HI/c1-6-7-8-12-21(3,4)16-24-20(22-13-11-18-10-9-14-28-18)23-15-19-26-25-17(2)27(19)5;/h9-10,14H,6-8,11-13,15-16H2,1-5H3,(H2,22,23,24);1H. The Kier molecular flexibility index (Phi) is 11.8. The molecule has 0 saturated heterocycles. The van der Waals surface area contributed by atoms with E-state index in [0.717, 1.165) is 37.1 Å². The minimum absolute atomic E-state index is 0. The van der Waals surface area contributed by atoms with Gasteiger partial charge >= 0.3 is 0 Å². The number of rotatable bonds is 11. The molecular weight excluding hydrogens is 495 g/mol. The number of guanidine groups is 1. The number of aryl methyl sites for hydroxylation is 1. The van der Waals surface area contributed by atoms with Crippen LogP contribution in [0.25, 0.3) is 0 Å². The minimum atomic E-state index is 0. The number of unbranched alkanes of at least 4 members (excludes halogenated alkanes) is 2. The van der Waals surface area contributed by atoms with Gasteiger partial charge in [-0.05, 0) is 36.6 Å². The maximum absolute atomic E-state index is 4.76.